The number of benzene rings is 1. The number of hydrogen-bond acceptors (Lipinski definition) is 10. The molecular weight excluding hydrogens is 485 g/mol. The molecule has 5 atom stereocenters. The van der Waals surface area contributed by atoms with Crippen molar-refractivity contribution in [2.24, 2.45) is 0 Å². The number of rotatable bonds is 5. The Labute approximate surface area is 194 Å². The fraction of sp³-hybridized carbons (Fsp3) is 0.333. The molecule has 13 heteroatoms. The molecule has 3 aromatic rings. The van der Waals surface area contributed by atoms with Gasteiger partial charge in [0, 0.05) is 15.3 Å². The number of ether oxygens (including phenoxy) is 1. The third-order valence-corrected chi connectivity index (χ3v) is 7.15. The summed E-state index contributed by atoms with van der Waals surface area (Å²) < 4.78 is 7.05. The highest BCUT2D eigenvalue weighted by molar-refractivity contribution is 7.99. The van der Waals surface area contributed by atoms with Gasteiger partial charge in [-0.3, -0.25) is 0 Å². The van der Waals surface area contributed by atoms with E-state index in [0.717, 1.165) is 11.8 Å². The monoisotopic (exact) mass is 499 g/mol. The summed E-state index contributed by atoms with van der Waals surface area (Å²) in [7, 11) is 0. The minimum atomic E-state index is -1.25. The molecule has 1 aliphatic heterocycles. The van der Waals surface area contributed by atoms with Crippen LogP contribution in [-0.2, 0) is 4.74 Å². The highest BCUT2D eigenvalue weighted by Crippen LogP contribution is 2.39. The van der Waals surface area contributed by atoms with Crippen molar-refractivity contribution in [2.75, 3.05) is 6.61 Å². The van der Waals surface area contributed by atoms with E-state index in [2.05, 4.69) is 15.3 Å². The van der Waals surface area contributed by atoms with Gasteiger partial charge in [-0.15, -0.1) is 16.4 Å². The Hall–Kier alpha value is -1.75. The van der Waals surface area contributed by atoms with Crippen LogP contribution in [0.2, 0.25) is 10.2 Å². The molecule has 1 aliphatic rings. The first-order valence-corrected chi connectivity index (χ1v) is 11.4. The lowest BCUT2D eigenvalue weighted by molar-refractivity contribution is -0.178. The lowest BCUT2D eigenvalue weighted by atomic mass is 9.97. The van der Waals surface area contributed by atoms with Crippen molar-refractivity contribution in [2.45, 2.75) is 34.7 Å². The maximum absolute atomic E-state index is 11.0. The van der Waals surface area contributed by atoms with Crippen LogP contribution in [0.4, 0.5) is 0 Å². The van der Waals surface area contributed by atoms with Gasteiger partial charge in [0.2, 0.25) is 0 Å². The zero-order valence-electron chi connectivity index (χ0n) is 15.5. The molecule has 0 amide bonds. The van der Waals surface area contributed by atoms with Gasteiger partial charge in [-0.2, -0.15) is 5.26 Å². The van der Waals surface area contributed by atoms with Gasteiger partial charge in [0.05, 0.1) is 24.4 Å². The van der Waals surface area contributed by atoms with Crippen LogP contribution < -0.4 is 0 Å². The molecule has 0 bridgehead atoms. The molecule has 1 saturated heterocycles. The first-order chi connectivity index (χ1) is 14.9. The lowest BCUT2D eigenvalue weighted by Crippen LogP contribution is -2.55. The highest BCUT2D eigenvalue weighted by Gasteiger charge is 2.46. The Morgan fingerprint density at radius 3 is 2.74 bits per heavy atom. The number of halogens is 2. The van der Waals surface area contributed by atoms with Gasteiger partial charge in [-0.25, -0.2) is 9.67 Å². The van der Waals surface area contributed by atoms with E-state index in [1.165, 1.54) is 22.1 Å². The quantitative estimate of drug-likeness (QED) is 0.482. The summed E-state index contributed by atoms with van der Waals surface area (Å²) in [4.78, 5) is 4.73. The van der Waals surface area contributed by atoms with Gasteiger partial charge in [0.25, 0.3) is 0 Å². The van der Waals surface area contributed by atoms with Gasteiger partial charge in [0.1, 0.15) is 45.6 Å². The third-order valence-electron chi connectivity index (χ3n) is 4.61. The van der Waals surface area contributed by atoms with Crippen LogP contribution in [-0.4, -0.2) is 65.7 Å². The van der Waals surface area contributed by atoms with Crippen LogP contribution in [0.1, 0.15) is 11.6 Å². The standard InChI is InChI=1S/C18H15Cl2N5O4S2/c19-9-1-8(4-21)2-10(3-9)31-18-16(28)14(15(27)12(6-26)29-18)25-5-11(23-24-25)17-22-13(20)7-30-17/h1-3,5,7,12,14-16,18,26-28H,6H2/t12?,14?,15-,16?,18+/m0/s1. The predicted molar refractivity (Wildman–Crippen MR) is 115 cm³/mol. The summed E-state index contributed by atoms with van der Waals surface area (Å²) in [6.45, 7) is -0.468. The smallest absolute Gasteiger partial charge is 0.147 e. The molecule has 0 spiro atoms. The highest BCUT2D eigenvalue weighted by atomic mass is 35.5. The van der Waals surface area contributed by atoms with Crippen molar-refractivity contribution in [3.63, 3.8) is 0 Å². The predicted octanol–water partition coefficient (Wildman–Crippen LogP) is 2.35. The maximum Gasteiger partial charge on any atom is 0.147 e. The molecule has 0 radical (unpaired) electrons. The van der Waals surface area contributed by atoms with Crippen LogP contribution in [0.25, 0.3) is 10.7 Å². The minimum absolute atomic E-state index is 0.329. The van der Waals surface area contributed by atoms with E-state index < -0.39 is 36.4 Å². The first-order valence-electron chi connectivity index (χ1n) is 8.92. The molecule has 3 N–H and O–H groups in total. The third kappa shape index (κ3) is 4.72. The van der Waals surface area contributed by atoms with Crippen molar-refractivity contribution in [1.29, 1.82) is 5.26 Å². The van der Waals surface area contributed by atoms with Crippen LogP contribution in [0.3, 0.4) is 0 Å². The maximum atomic E-state index is 11.0. The Morgan fingerprint density at radius 1 is 1.26 bits per heavy atom. The molecule has 9 nitrogen and oxygen atoms in total. The zero-order chi connectivity index (χ0) is 22.1. The van der Waals surface area contributed by atoms with E-state index in [9.17, 15) is 15.3 Å². The van der Waals surface area contributed by atoms with E-state index in [-0.39, 0.29) is 0 Å². The summed E-state index contributed by atoms with van der Waals surface area (Å²) in [6, 6.07) is 5.84. The van der Waals surface area contributed by atoms with Crippen molar-refractivity contribution < 1.29 is 20.1 Å². The second-order valence-electron chi connectivity index (χ2n) is 6.66. The molecule has 3 heterocycles. The van der Waals surface area contributed by atoms with Gasteiger partial charge in [-0.05, 0) is 18.2 Å². The average Bonchev–Trinajstić information content (AvgIpc) is 3.39. The number of hydrogen-bond donors (Lipinski definition) is 3. The summed E-state index contributed by atoms with van der Waals surface area (Å²) in [5.41, 5.74) is -0.0859. The molecular formula is C18H15Cl2N5O4S2. The van der Waals surface area contributed by atoms with Gasteiger partial charge in [0.15, 0.2) is 0 Å². The second-order valence-corrected chi connectivity index (χ2v) is 9.52. The van der Waals surface area contributed by atoms with Crippen LogP contribution in [0.5, 0.6) is 0 Å². The number of nitrogens with zero attached hydrogens (tertiary/aromatic N) is 5. The lowest BCUT2D eigenvalue weighted by Gasteiger charge is -2.41. The van der Waals surface area contributed by atoms with Crippen LogP contribution in [0.15, 0.2) is 34.7 Å². The summed E-state index contributed by atoms with van der Waals surface area (Å²) in [5, 5.41) is 51.5. The number of thioether (sulfide) groups is 1. The zero-order valence-corrected chi connectivity index (χ0v) is 18.7. The molecule has 162 valence electrons. The molecule has 2 aromatic heterocycles. The fourth-order valence-corrected chi connectivity index (χ4v) is 5.55. The van der Waals surface area contributed by atoms with Gasteiger partial charge in [-0.1, -0.05) is 40.2 Å². The van der Waals surface area contributed by atoms with Crippen LogP contribution >= 0.6 is 46.3 Å². The van der Waals surface area contributed by atoms with E-state index in [1.807, 2.05) is 6.07 Å². The second kappa shape index (κ2) is 9.40. The van der Waals surface area contributed by atoms with Gasteiger partial charge < -0.3 is 20.1 Å². The number of aromatic nitrogens is 4. The fourth-order valence-electron chi connectivity index (χ4n) is 3.20. The topological polar surface area (TPSA) is 137 Å². The number of nitriles is 1. The normalized spacial score (nSPS) is 26.0. The first kappa shape index (κ1) is 22.4. The molecule has 4 rings (SSSR count). The van der Waals surface area contributed by atoms with Crippen molar-refractivity contribution in [3.05, 3.63) is 45.5 Å². The largest absolute Gasteiger partial charge is 0.394 e. The van der Waals surface area contributed by atoms with E-state index in [1.54, 1.807) is 23.7 Å². The summed E-state index contributed by atoms with van der Waals surface area (Å²) >= 11 is 14.3. The Balaban J connectivity index is 1.62. The Morgan fingerprint density at radius 2 is 2.06 bits per heavy atom. The van der Waals surface area contributed by atoms with Crippen LogP contribution in [0, 0.1) is 11.3 Å². The molecule has 31 heavy (non-hydrogen) atoms. The minimum Gasteiger partial charge on any atom is -0.394 e. The number of thiazole rings is 1. The SMILES string of the molecule is N#Cc1cc(Cl)cc(S[C@H]2OC(CO)[C@H](O)C(n3cc(-c4nc(Cl)cs4)nn3)C2O)c1. The molecule has 1 aromatic carbocycles. The van der Waals surface area contributed by atoms with Crippen molar-refractivity contribution >= 4 is 46.3 Å². The summed E-state index contributed by atoms with van der Waals surface area (Å²) in [6.07, 6.45) is -1.90. The number of aliphatic hydroxyl groups excluding tert-OH is 3. The molecule has 0 saturated carbocycles. The molecule has 1 fully saturated rings. The van der Waals surface area contributed by atoms with E-state index in [4.69, 9.17) is 33.2 Å². The van der Waals surface area contributed by atoms with E-state index in [0.29, 0.717) is 31.3 Å². The number of aliphatic hydroxyl groups is 3. The van der Waals surface area contributed by atoms with Gasteiger partial charge >= 0.3 is 0 Å². The van der Waals surface area contributed by atoms with Crippen molar-refractivity contribution in [3.8, 4) is 16.8 Å². The van der Waals surface area contributed by atoms with Crippen molar-refractivity contribution in [1.82, 2.24) is 20.0 Å². The summed E-state index contributed by atoms with van der Waals surface area (Å²) in [5.74, 6) is 0. The molecule has 0 aliphatic carbocycles. The molecule has 3 unspecified atom stereocenters. The Kier molecular flexibility index (Phi) is 6.80. The average molecular weight is 500 g/mol. The Bertz CT molecular complexity index is 1120. The van der Waals surface area contributed by atoms with E-state index >= 15 is 0 Å².